The molecule has 0 spiro atoms. The quantitative estimate of drug-likeness (QED) is 0.734. The summed E-state index contributed by atoms with van der Waals surface area (Å²) in [4.78, 5) is 2.28. The molecule has 3 N–H and O–H groups in total. The Labute approximate surface area is 126 Å². The number of aryl methyl sites for hydroxylation is 1. The summed E-state index contributed by atoms with van der Waals surface area (Å²) in [7, 11) is -1.58. The van der Waals surface area contributed by atoms with E-state index < -0.39 is 10.0 Å². The summed E-state index contributed by atoms with van der Waals surface area (Å²) >= 11 is 0. The first kappa shape index (κ1) is 16.3. The van der Waals surface area contributed by atoms with Crippen molar-refractivity contribution < 1.29 is 8.42 Å². The highest BCUT2D eigenvalue weighted by Crippen LogP contribution is 2.26. The van der Waals surface area contributed by atoms with Crippen molar-refractivity contribution in [1.29, 1.82) is 0 Å². The SMILES string of the molecule is CCCn1cc(S(=O)(=O)NCC(C)N(C)C2CC2)c(N)n1. The summed E-state index contributed by atoms with van der Waals surface area (Å²) in [6.07, 6.45) is 4.77. The van der Waals surface area contributed by atoms with Crippen LogP contribution in [0.15, 0.2) is 11.1 Å². The minimum Gasteiger partial charge on any atom is -0.381 e. The molecule has 8 heteroatoms. The van der Waals surface area contributed by atoms with Gasteiger partial charge in [-0.1, -0.05) is 6.92 Å². The molecule has 0 aliphatic heterocycles. The van der Waals surface area contributed by atoms with Crippen LogP contribution in [0.1, 0.15) is 33.1 Å². The predicted molar refractivity (Wildman–Crippen MR) is 82.4 cm³/mol. The molecule has 0 bridgehead atoms. The Kier molecular flexibility index (Phi) is 4.90. The lowest BCUT2D eigenvalue weighted by atomic mass is 10.3. The third-order valence-corrected chi connectivity index (χ3v) is 5.32. The van der Waals surface area contributed by atoms with E-state index >= 15 is 0 Å². The van der Waals surface area contributed by atoms with Crippen LogP contribution in [0.2, 0.25) is 0 Å². The highest BCUT2D eigenvalue weighted by molar-refractivity contribution is 7.89. The van der Waals surface area contributed by atoms with Crippen molar-refractivity contribution in [3.8, 4) is 0 Å². The van der Waals surface area contributed by atoms with Gasteiger partial charge in [0.05, 0.1) is 0 Å². The van der Waals surface area contributed by atoms with Gasteiger partial charge in [0, 0.05) is 31.4 Å². The second-order valence-electron chi connectivity index (χ2n) is 5.74. The van der Waals surface area contributed by atoms with Gasteiger partial charge in [0.1, 0.15) is 4.90 Å². The van der Waals surface area contributed by atoms with Crippen molar-refractivity contribution in [3.05, 3.63) is 6.20 Å². The fourth-order valence-corrected chi connectivity index (χ4v) is 3.46. The minimum absolute atomic E-state index is 0.0548. The number of aromatic nitrogens is 2. The molecular formula is C13H25N5O2S. The average Bonchev–Trinajstić information content (AvgIpc) is 3.20. The first-order valence-electron chi connectivity index (χ1n) is 7.39. The van der Waals surface area contributed by atoms with Gasteiger partial charge in [0.15, 0.2) is 5.82 Å². The van der Waals surface area contributed by atoms with E-state index in [0.29, 0.717) is 19.1 Å². The lowest BCUT2D eigenvalue weighted by molar-refractivity contribution is 0.248. The number of hydrogen-bond acceptors (Lipinski definition) is 5. The summed E-state index contributed by atoms with van der Waals surface area (Å²) in [5.41, 5.74) is 5.72. The first-order valence-corrected chi connectivity index (χ1v) is 8.88. The molecule has 21 heavy (non-hydrogen) atoms. The van der Waals surface area contributed by atoms with Gasteiger partial charge in [-0.15, -0.1) is 0 Å². The van der Waals surface area contributed by atoms with Crippen LogP contribution in [0, 0.1) is 0 Å². The zero-order valence-corrected chi connectivity index (χ0v) is 13.7. The van der Waals surface area contributed by atoms with Gasteiger partial charge in [-0.3, -0.25) is 9.58 Å². The maximum atomic E-state index is 12.3. The van der Waals surface area contributed by atoms with Crippen LogP contribution in [0.4, 0.5) is 5.82 Å². The highest BCUT2D eigenvalue weighted by atomic mass is 32.2. The largest absolute Gasteiger partial charge is 0.381 e. The second kappa shape index (κ2) is 6.33. The van der Waals surface area contributed by atoms with Crippen LogP contribution in [0.5, 0.6) is 0 Å². The lowest BCUT2D eigenvalue weighted by Crippen LogP contribution is -2.41. The Morgan fingerprint density at radius 3 is 2.81 bits per heavy atom. The molecule has 0 radical (unpaired) electrons. The molecule has 120 valence electrons. The minimum atomic E-state index is -3.61. The van der Waals surface area contributed by atoms with E-state index in [1.54, 1.807) is 4.68 Å². The molecule has 1 saturated carbocycles. The van der Waals surface area contributed by atoms with Crippen molar-refractivity contribution >= 4 is 15.8 Å². The molecule has 2 rings (SSSR count). The van der Waals surface area contributed by atoms with Crippen LogP contribution >= 0.6 is 0 Å². The van der Waals surface area contributed by atoms with Gasteiger partial charge in [0.25, 0.3) is 0 Å². The zero-order valence-electron chi connectivity index (χ0n) is 12.9. The van der Waals surface area contributed by atoms with Gasteiger partial charge >= 0.3 is 0 Å². The topological polar surface area (TPSA) is 93.2 Å². The van der Waals surface area contributed by atoms with Gasteiger partial charge < -0.3 is 5.73 Å². The molecule has 7 nitrogen and oxygen atoms in total. The summed E-state index contributed by atoms with van der Waals surface area (Å²) in [6, 6.07) is 0.751. The standard InChI is InChI=1S/C13H25N5O2S/c1-4-7-18-9-12(13(14)16-18)21(19,20)15-8-10(2)17(3)11-5-6-11/h9-11,15H,4-8H2,1-3H3,(H2,14,16). The van der Waals surface area contributed by atoms with E-state index in [1.165, 1.54) is 19.0 Å². The van der Waals surface area contributed by atoms with E-state index in [2.05, 4.69) is 14.7 Å². The number of likely N-dealkylation sites (N-methyl/N-ethyl adjacent to an activating group) is 1. The molecule has 1 heterocycles. The van der Waals surface area contributed by atoms with E-state index in [-0.39, 0.29) is 16.8 Å². The number of nitrogens with one attached hydrogen (secondary N) is 1. The fraction of sp³-hybridized carbons (Fsp3) is 0.769. The van der Waals surface area contributed by atoms with Crippen molar-refractivity contribution in [1.82, 2.24) is 19.4 Å². The molecule has 1 aromatic heterocycles. The molecule has 1 aliphatic rings. The Hall–Kier alpha value is -1.12. The maximum absolute atomic E-state index is 12.3. The highest BCUT2D eigenvalue weighted by Gasteiger charge is 2.30. The van der Waals surface area contributed by atoms with E-state index in [9.17, 15) is 8.42 Å². The molecule has 0 saturated heterocycles. The summed E-state index contributed by atoms with van der Waals surface area (Å²) in [5.74, 6) is 0.0548. The van der Waals surface area contributed by atoms with Crippen molar-refractivity contribution in [3.63, 3.8) is 0 Å². The molecule has 1 unspecified atom stereocenters. The third-order valence-electron chi connectivity index (χ3n) is 3.88. The van der Waals surface area contributed by atoms with Crippen LogP contribution in [0.25, 0.3) is 0 Å². The Morgan fingerprint density at radius 2 is 2.24 bits per heavy atom. The maximum Gasteiger partial charge on any atom is 0.245 e. The average molecular weight is 315 g/mol. The molecule has 1 atom stereocenters. The number of nitrogen functional groups attached to an aromatic ring is 1. The van der Waals surface area contributed by atoms with Gasteiger partial charge in [0.2, 0.25) is 10.0 Å². The second-order valence-corrected chi connectivity index (χ2v) is 7.47. The third kappa shape index (κ3) is 3.96. The zero-order chi connectivity index (χ0) is 15.6. The molecule has 1 aromatic rings. The van der Waals surface area contributed by atoms with Crippen LogP contribution in [-0.2, 0) is 16.6 Å². The number of nitrogens with two attached hydrogens (primary N) is 1. The Bertz CT molecular complexity index is 579. The molecule has 1 aliphatic carbocycles. The summed E-state index contributed by atoms with van der Waals surface area (Å²) in [6.45, 7) is 5.04. The van der Waals surface area contributed by atoms with Crippen molar-refractivity contribution in [2.45, 2.75) is 56.6 Å². The molecular weight excluding hydrogens is 290 g/mol. The fourth-order valence-electron chi connectivity index (χ4n) is 2.26. The van der Waals surface area contributed by atoms with Crippen molar-refractivity contribution in [2.24, 2.45) is 0 Å². The van der Waals surface area contributed by atoms with Gasteiger partial charge in [-0.25, -0.2) is 13.1 Å². The van der Waals surface area contributed by atoms with Crippen molar-refractivity contribution in [2.75, 3.05) is 19.3 Å². The van der Waals surface area contributed by atoms with E-state index in [0.717, 1.165) is 6.42 Å². The Balaban J connectivity index is 2.00. The van der Waals surface area contributed by atoms with E-state index in [4.69, 9.17) is 5.73 Å². The van der Waals surface area contributed by atoms with Crippen LogP contribution < -0.4 is 10.5 Å². The Morgan fingerprint density at radius 1 is 1.57 bits per heavy atom. The first-order chi connectivity index (χ1) is 9.85. The monoisotopic (exact) mass is 315 g/mol. The molecule has 0 amide bonds. The number of rotatable bonds is 8. The van der Waals surface area contributed by atoms with Crippen LogP contribution in [-0.4, -0.2) is 48.8 Å². The number of hydrogen-bond donors (Lipinski definition) is 2. The number of sulfonamides is 1. The number of anilines is 1. The lowest BCUT2D eigenvalue weighted by Gasteiger charge is -2.24. The smallest absolute Gasteiger partial charge is 0.245 e. The van der Waals surface area contributed by atoms with Gasteiger partial charge in [-0.05, 0) is 33.2 Å². The van der Waals surface area contributed by atoms with Crippen LogP contribution in [0.3, 0.4) is 0 Å². The number of nitrogens with zero attached hydrogens (tertiary/aromatic N) is 3. The normalized spacial score (nSPS) is 17.3. The predicted octanol–water partition coefficient (Wildman–Crippen LogP) is 0.636. The van der Waals surface area contributed by atoms with E-state index in [1.807, 2.05) is 20.9 Å². The molecule has 1 fully saturated rings. The van der Waals surface area contributed by atoms with Gasteiger partial charge in [-0.2, -0.15) is 5.10 Å². The molecule has 0 aromatic carbocycles. The summed E-state index contributed by atoms with van der Waals surface area (Å²) in [5, 5.41) is 4.03. The summed E-state index contributed by atoms with van der Waals surface area (Å²) < 4.78 is 28.8.